The summed E-state index contributed by atoms with van der Waals surface area (Å²) < 4.78 is 34.4. The second-order valence-electron chi connectivity index (χ2n) is 18.9. The van der Waals surface area contributed by atoms with Crippen molar-refractivity contribution < 1.29 is 42.1 Å². The Hall–Kier alpha value is -2.55. The van der Waals surface area contributed by atoms with Crippen molar-refractivity contribution in [2.75, 3.05) is 47.5 Å². The first kappa shape index (κ1) is 63.5. The molecule has 0 saturated heterocycles. The van der Waals surface area contributed by atoms with Gasteiger partial charge in [0.1, 0.15) is 19.8 Å². The van der Waals surface area contributed by atoms with Crippen LogP contribution in [0.3, 0.4) is 0 Å². The van der Waals surface area contributed by atoms with Gasteiger partial charge in [0.05, 0.1) is 27.7 Å². The molecule has 0 aliphatic heterocycles. The molecule has 0 spiro atoms. The van der Waals surface area contributed by atoms with Crippen molar-refractivity contribution in [2.45, 2.75) is 225 Å². The number of esters is 2. The Bertz CT molecular complexity index is 1350. The third-order valence-corrected chi connectivity index (χ3v) is 12.2. The monoisotopic (exact) mass is 947 g/mol. The number of unbranched alkanes of at least 4 members (excludes halogenated alkanes) is 22. The summed E-state index contributed by atoms with van der Waals surface area (Å²) in [5.74, 6) is -0.892. The van der Waals surface area contributed by atoms with Crippen LogP contribution in [0.1, 0.15) is 219 Å². The van der Waals surface area contributed by atoms with Gasteiger partial charge in [-0.25, -0.2) is 4.57 Å². The fourth-order valence-electron chi connectivity index (χ4n) is 7.16. The van der Waals surface area contributed by atoms with Crippen LogP contribution in [-0.4, -0.2) is 74.9 Å². The topological polar surface area (TPSA) is 108 Å². The summed E-state index contributed by atoms with van der Waals surface area (Å²) in [7, 11) is 1.43. The van der Waals surface area contributed by atoms with Crippen LogP contribution in [0.2, 0.25) is 0 Å². The fraction of sp³-hybridized carbons (Fsp3) is 0.750. The minimum Gasteiger partial charge on any atom is -0.462 e. The average Bonchev–Trinajstić information content (AvgIpc) is 3.27. The Morgan fingerprint density at radius 2 is 0.864 bits per heavy atom. The van der Waals surface area contributed by atoms with Gasteiger partial charge in [-0.2, -0.15) is 0 Å². The first-order chi connectivity index (χ1) is 32.0. The van der Waals surface area contributed by atoms with E-state index in [9.17, 15) is 19.0 Å². The van der Waals surface area contributed by atoms with E-state index in [1.807, 2.05) is 33.3 Å². The smallest absolute Gasteiger partial charge is 0.462 e. The predicted molar refractivity (Wildman–Crippen MR) is 279 cm³/mol. The van der Waals surface area contributed by atoms with Crippen molar-refractivity contribution in [2.24, 2.45) is 0 Å². The lowest BCUT2D eigenvalue weighted by molar-refractivity contribution is -0.870. The molecule has 2 atom stereocenters. The third-order valence-electron chi connectivity index (χ3n) is 11.3. The molecule has 1 unspecified atom stereocenters. The summed E-state index contributed by atoms with van der Waals surface area (Å²) in [4.78, 5) is 35.5. The molecular weight excluding hydrogens is 846 g/mol. The van der Waals surface area contributed by atoms with E-state index in [0.717, 1.165) is 57.8 Å². The number of ether oxygens (including phenoxy) is 2. The zero-order valence-electron chi connectivity index (χ0n) is 43.2. The lowest BCUT2D eigenvalue weighted by Gasteiger charge is -2.24. The number of rotatable bonds is 48. The molecule has 382 valence electrons. The number of hydrogen-bond donors (Lipinski definition) is 1. The number of carbonyl (C=O) groups is 2. The van der Waals surface area contributed by atoms with Gasteiger partial charge in [-0.1, -0.05) is 228 Å². The number of quaternary nitrogens is 1. The van der Waals surface area contributed by atoms with Crippen molar-refractivity contribution in [1.29, 1.82) is 0 Å². The lowest BCUT2D eigenvalue weighted by atomic mass is 10.0. The lowest BCUT2D eigenvalue weighted by Crippen LogP contribution is -2.37. The molecule has 0 bridgehead atoms. The maximum atomic E-state index is 12.7. The minimum atomic E-state index is -4.40. The van der Waals surface area contributed by atoms with Gasteiger partial charge in [0.15, 0.2) is 6.10 Å². The number of nitrogens with zero attached hydrogens (tertiary/aromatic N) is 1. The average molecular weight is 947 g/mol. The molecule has 0 aromatic carbocycles. The summed E-state index contributed by atoms with van der Waals surface area (Å²) in [5.41, 5.74) is 0. The van der Waals surface area contributed by atoms with Crippen LogP contribution in [-0.2, 0) is 32.7 Å². The van der Waals surface area contributed by atoms with Crippen LogP contribution in [0.5, 0.6) is 0 Å². The highest BCUT2D eigenvalue weighted by Gasteiger charge is 2.27. The Labute approximate surface area is 406 Å². The van der Waals surface area contributed by atoms with Gasteiger partial charge < -0.3 is 18.9 Å². The SMILES string of the molecule is CC/C=C/C/C=C/C/C=C/C/C=C/C/C=C/C/C=C/CCC(=O)O[C@H](COC(=O)CCCCCCCCCCCCCCCCCCCCCCCCC)COP(=O)(O)OCC[N+](C)(C)C. The molecule has 10 heteroatoms. The van der Waals surface area contributed by atoms with E-state index in [0.29, 0.717) is 17.4 Å². The van der Waals surface area contributed by atoms with E-state index in [4.69, 9.17) is 18.5 Å². The summed E-state index contributed by atoms with van der Waals surface area (Å²) in [6.45, 7) is 4.25. The summed E-state index contributed by atoms with van der Waals surface area (Å²) in [6, 6.07) is 0. The number of phosphoric acid groups is 1. The van der Waals surface area contributed by atoms with Crippen molar-refractivity contribution in [3.63, 3.8) is 0 Å². The molecule has 1 N–H and O–H groups in total. The Kier molecular flexibility index (Phi) is 45.7. The van der Waals surface area contributed by atoms with E-state index in [1.165, 1.54) is 128 Å². The van der Waals surface area contributed by atoms with Gasteiger partial charge in [0.2, 0.25) is 0 Å². The Morgan fingerprint density at radius 3 is 1.26 bits per heavy atom. The zero-order valence-corrected chi connectivity index (χ0v) is 44.1. The van der Waals surface area contributed by atoms with Gasteiger partial charge in [0, 0.05) is 12.8 Å². The number of carbonyl (C=O) groups excluding carboxylic acids is 2. The number of hydrogen-bond acceptors (Lipinski definition) is 7. The molecule has 0 saturated carbocycles. The molecule has 0 radical (unpaired) electrons. The Morgan fingerprint density at radius 1 is 0.485 bits per heavy atom. The normalized spacial score (nSPS) is 14.0. The Balaban J connectivity index is 4.29. The number of allylic oxidation sites excluding steroid dienone is 12. The molecule has 0 amide bonds. The molecule has 0 aliphatic rings. The van der Waals surface area contributed by atoms with Gasteiger partial charge in [-0.3, -0.25) is 18.6 Å². The van der Waals surface area contributed by atoms with E-state index in [-0.39, 0.29) is 32.0 Å². The summed E-state index contributed by atoms with van der Waals surface area (Å²) in [5, 5.41) is 0. The summed E-state index contributed by atoms with van der Waals surface area (Å²) >= 11 is 0. The van der Waals surface area contributed by atoms with Gasteiger partial charge in [-0.15, -0.1) is 0 Å². The zero-order chi connectivity index (χ0) is 48.5. The molecule has 0 aromatic heterocycles. The molecule has 0 fully saturated rings. The van der Waals surface area contributed by atoms with E-state index < -0.39 is 26.5 Å². The highest BCUT2D eigenvalue weighted by Crippen LogP contribution is 2.43. The first-order valence-corrected chi connectivity index (χ1v) is 28.2. The fourth-order valence-corrected chi connectivity index (χ4v) is 7.90. The maximum Gasteiger partial charge on any atom is 0.472 e. The van der Waals surface area contributed by atoms with Gasteiger partial charge >= 0.3 is 19.8 Å². The molecule has 9 nitrogen and oxygen atoms in total. The highest BCUT2D eigenvalue weighted by molar-refractivity contribution is 7.47. The van der Waals surface area contributed by atoms with E-state index in [1.54, 1.807) is 0 Å². The second kappa shape index (κ2) is 47.5. The van der Waals surface area contributed by atoms with Crippen LogP contribution in [0.15, 0.2) is 72.9 Å². The van der Waals surface area contributed by atoms with E-state index >= 15 is 0 Å². The van der Waals surface area contributed by atoms with Crippen LogP contribution >= 0.6 is 7.82 Å². The second-order valence-corrected chi connectivity index (χ2v) is 20.3. The van der Waals surface area contributed by atoms with Gasteiger partial charge in [0.25, 0.3) is 0 Å². The maximum absolute atomic E-state index is 12.7. The van der Waals surface area contributed by atoms with Crippen molar-refractivity contribution in [3.8, 4) is 0 Å². The van der Waals surface area contributed by atoms with Crippen molar-refractivity contribution >= 4 is 19.8 Å². The molecule has 0 aromatic rings. The molecule has 66 heavy (non-hydrogen) atoms. The van der Waals surface area contributed by atoms with Crippen LogP contribution < -0.4 is 0 Å². The molecular formula is C56H101NO8P+. The molecule has 0 rings (SSSR count). The summed E-state index contributed by atoms with van der Waals surface area (Å²) in [6.07, 6.45) is 61.3. The highest BCUT2D eigenvalue weighted by atomic mass is 31.2. The largest absolute Gasteiger partial charge is 0.472 e. The van der Waals surface area contributed by atoms with E-state index in [2.05, 4.69) is 74.6 Å². The van der Waals surface area contributed by atoms with Crippen molar-refractivity contribution in [1.82, 2.24) is 0 Å². The minimum absolute atomic E-state index is 0.0161. The van der Waals surface area contributed by atoms with Crippen LogP contribution in [0.25, 0.3) is 0 Å². The molecule has 0 aliphatic carbocycles. The van der Waals surface area contributed by atoms with Crippen LogP contribution in [0, 0.1) is 0 Å². The van der Waals surface area contributed by atoms with Gasteiger partial charge in [-0.05, 0) is 51.4 Å². The number of phosphoric ester groups is 1. The quantitative estimate of drug-likeness (QED) is 0.0211. The first-order valence-electron chi connectivity index (χ1n) is 26.7. The number of likely N-dealkylation sites (N-methyl/N-ethyl adjacent to an activating group) is 1. The predicted octanol–water partition coefficient (Wildman–Crippen LogP) is 16.1. The standard InChI is InChI=1S/C56H100NO8P/c1-6-8-10-12-14-16-18-20-22-24-26-27-28-29-31-32-34-36-38-40-42-44-46-48-55(58)62-52-54(53-64-66(60,61)63-51-50-57(3,4)5)65-56(59)49-47-45-43-41-39-37-35-33-30-25-23-21-19-17-15-13-11-9-7-2/h9,11,15,17,21,23,30,33,37,39,43,45,54H,6-8,10,12-14,16,18-20,22,24-29,31-32,34-36,38,40-42,44,46-53H2,1-5H3/p+1/b11-9+,17-15+,23-21+,33-30+,39-37+,45-43+/t54-/m1/s1. The van der Waals surface area contributed by atoms with Crippen LogP contribution in [0.4, 0.5) is 0 Å². The molecule has 0 heterocycles. The van der Waals surface area contributed by atoms with Crippen molar-refractivity contribution in [3.05, 3.63) is 72.9 Å². The third kappa shape index (κ3) is 50.9.